The van der Waals surface area contributed by atoms with Gasteiger partial charge in [-0.2, -0.15) is 5.10 Å². The van der Waals surface area contributed by atoms with Gasteiger partial charge in [0.15, 0.2) is 0 Å². The van der Waals surface area contributed by atoms with Gasteiger partial charge in [-0.05, 0) is 24.5 Å². The molecular weight excluding hydrogens is 322 g/mol. The van der Waals surface area contributed by atoms with Crippen molar-refractivity contribution in [3.8, 4) is 11.3 Å². The molecule has 6 nitrogen and oxygen atoms in total. The van der Waals surface area contributed by atoms with Crippen molar-refractivity contribution in [2.75, 3.05) is 13.1 Å². The Labute approximate surface area is 143 Å². The zero-order valence-corrected chi connectivity index (χ0v) is 13.9. The van der Waals surface area contributed by atoms with E-state index in [0.29, 0.717) is 11.5 Å². The molecular formula is C17H17N5OS. The molecule has 24 heavy (non-hydrogen) atoms. The van der Waals surface area contributed by atoms with Crippen LogP contribution in [0.3, 0.4) is 0 Å². The van der Waals surface area contributed by atoms with Gasteiger partial charge in [0.1, 0.15) is 0 Å². The molecule has 7 heteroatoms. The van der Waals surface area contributed by atoms with Gasteiger partial charge in [-0.25, -0.2) is 4.98 Å². The van der Waals surface area contributed by atoms with Crippen LogP contribution in [0.25, 0.3) is 11.3 Å². The van der Waals surface area contributed by atoms with Crippen molar-refractivity contribution in [1.82, 2.24) is 25.1 Å². The van der Waals surface area contributed by atoms with Crippen LogP contribution in [-0.4, -0.2) is 44.1 Å². The van der Waals surface area contributed by atoms with Crippen molar-refractivity contribution in [2.45, 2.75) is 12.8 Å². The summed E-state index contributed by atoms with van der Waals surface area (Å²) >= 11 is 1.68. The van der Waals surface area contributed by atoms with E-state index >= 15 is 0 Å². The van der Waals surface area contributed by atoms with E-state index in [9.17, 15) is 4.79 Å². The number of nitrogens with zero attached hydrogens (tertiary/aromatic N) is 4. The van der Waals surface area contributed by atoms with Gasteiger partial charge in [0.25, 0.3) is 5.91 Å². The third-order valence-electron chi connectivity index (χ3n) is 4.34. The number of nitrogens with one attached hydrogen (secondary N) is 1. The number of aromatic amines is 1. The van der Waals surface area contributed by atoms with E-state index in [2.05, 4.69) is 20.2 Å². The average Bonchev–Trinajstić information content (AvgIpc) is 3.37. The Morgan fingerprint density at radius 2 is 2.33 bits per heavy atom. The van der Waals surface area contributed by atoms with Crippen molar-refractivity contribution < 1.29 is 4.79 Å². The van der Waals surface area contributed by atoms with Crippen molar-refractivity contribution in [3.05, 3.63) is 52.9 Å². The largest absolute Gasteiger partial charge is 0.338 e. The third kappa shape index (κ3) is 2.94. The summed E-state index contributed by atoms with van der Waals surface area (Å²) in [6, 6.07) is 3.77. The van der Waals surface area contributed by atoms with Crippen LogP contribution < -0.4 is 0 Å². The summed E-state index contributed by atoms with van der Waals surface area (Å²) in [7, 11) is 0. The molecule has 1 fully saturated rings. The molecule has 1 N–H and O–H groups in total. The van der Waals surface area contributed by atoms with Crippen LogP contribution in [0.15, 0.2) is 42.3 Å². The number of amides is 1. The number of carbonyl (C=O) groups excluding carboxylic acids is 1. The number of rotatable bonds is 4. The minimum Gasteiger partial charge on any atom is -0.338 e. The fourth-order valence-electron chi connectivity index (χ4n) is 3.13. The molecule has 122 valence electrons. The lowest BCUT2D eigenvalue weighted by atomic mass is 10.1. The first-order valence-electron chi connectivity index (χ1n) is 7.92. The molecule has 1 amide bonds. The normalized spacial score (nSPS) is 17.3. The van der Waals surface area contributed by atoms with Crippen LogP contribution in [0.1, 0.15) is 21.8 Å². The summed E-state index contributed by atoms with van der Waals surface area (Å²) in [6.45, 7) is 1.56. The molecule has 0 bridgehead atoms. The number of carbonyl (C=O) groups is 1. The highest BCUT2D eigenvalue weighted by Gasteiger charge is 2.29. The summed E-state index contributed by atoms with van der Waals surface area (Å²) in [6.07, 6.45) is 8.86. The summed E-state index contributed by atoms with van der Waals surface area (Å²) < 4.78 is 0. The number of pyridine rings is 1. The molecule has 4 heterocycles. The smallest absolute Gasteiger partial charge is 0.257 e. The minimum absolute atomic E-state index is 0.0317. The summed E-state index contributed by atoms with van der Waals surface area (Å²) in [5.41, 5.74) is 2.21. The van der Waals surface area contributed by atoms with E-state index in [1.807, 2.05) is 28.6 Å². The van der Waals surface area contributed by atoms with Gasteiger partial charge in [-0.1, -0.05) is 0 Å². The van der Waals surface area contributed by atoms with Crippen molar-refractivity contribution in [3.63, 3.8) is 0 Å². The Morgan fingerprint density at radius 1 is 1.38 bits per heavy atom. The van der Waals surface area contributed by atoms with E-state index in [0.717, 1.165) is 42.2 Å². The number of likely N-dealkylation sites (tertiary alicyclic amines) is 1. The van der Waals surface area contributed by atoms with Crippen LogP contribution in [0, 0.1) is 5.92 Å². The number of aromatic nitrogens is 4. The molecule has 3 aromatic heterocycles. The van der Waals surface area contributed by atoms with E-state index in [1.165, 1.54) is 0 Å². The Morgan fingerprint density at radius 3 is 3.12 bits per heavy atom. The number of hydrogen-bond donors (Lipinski definition) is 1. The van der Waals surface area contributed by atoms with E-state index in [4.69, 9.17) is 0 Å². The molecule has 0 spiro atoms. The van der Waals surface area contributed by atoms with Crippen molar-refractivity contribution in [1.29, 1.82) is 0 Å². The number of H-pyrrole nitrogens is 1. The lowest BCUT2D eigenvalue weighted by molar-refractivity contribution is 0.0788. The van der Waals surface area contributed by atoms with Gasteiger partial charge in [-0.3, -0.25) is 14.9 Å². The van der Waals surface area contributed by atoms with Crippen LogP contribution >= 0.6 is 11.3 Å². The van der Waals surface area contributed by atoms with Crippen LogP contribution in [-0.2, 0) is 6.42 Å². The second kappa shape index (κ2) is 6.52. The lowest BCUT2D eigenvalue weighted by Gasteiger charge is -2.16. The molecule has 1 saturated heterocycles. The molecule has 1 atom stereocenters. The molecule has 0 saturated carbocycles. The minimum atomic E-state index is 0.0317. The molecule has 3 aromatic rings. The summed E-state index contributed by atoms with van der Waals surface area (Å²) in [5.74, 6) is 0.512. The summed E-state index contributed by atoms with van der Waals surface area (Å²) in [5, 5.41) is 10.1. The van der Waals surface area contributed by atoms with Gasteiger partial charge in [0.2, 0.25) is 0 Å². The first-order valence-corrected chi connectivity index (χ1v) is 8.80. The predicted molar refractivity (Wildman–Crippen MR) is 91.6 cm³/mol. The highest BCUT2D eigenvalue weighted by Crippen LogP contribution is 2.26. The SMILES string of the molecule is O=C(c1cn[nH]c1-c1cccnc1)N1CCC(Cc2nccs2)C1. The maximum atomic E-state index is 12.9. The maximum absolute atomic E-state index is 12.9. The second-order valence-corrected chi connectivity index (χ2v) is 6.92. The van der Waals surface area contributed by atoms with Gasteiger partial charge in [0.05, 0.1) is 22.5 Å². The third-order valence-corrected chi connectivity index (χ3v) is 5.14. The van der Waals surface area contributed by atoms with E-state index in [-0.39, 0.29) is 5.91 Å². The standard InChI is InChI=1S/C17H17N5OS/c23-17(14-10-20-21-16(14)13-2-1-4-18-9-13)22-6-3-12(11-22)8-15-19-5-7-24-15/h1-2,4-5,7,9-10,12H,3,6,8,11H2,(H,20,21). The van der Waals surface area contributed by atoms with Crippen LogP contribution in [0.2, 0.25) is 0 Å². The van der Waals surface area contributed by atoms with Crippen molar-refractivity contribution >= 4 is 17.2 Å². The van der Waals surface area contributed by atoms with Crippen LogP contribution in [0.5, 0.6) is 0 Å². The first kappa shape index (κ1) is 15.0. The predicted octanol–water partition coefficient (Wildman–Crippen LogP) is 2.63. The average molecular weight is 339 g/mol. The Balaban J connectivity index is 1.48. The monoisotopic (exact) mass is 339 g/mol. The van der Waals surface area contributed by atoms with Crippen LogP contribution in [0.4, 0.5) is 0 Å². The number of hydrogen-bond acceptors (Lipinski definition) is 5. The Bertz CT molecular complexity index is 815. The van der Waals surface area contributed by atoms with Gasteiger partial charge in [0, 0.05) is 49.0 Å². The second-order valence-electron chi connectivity index (χ2n) is 5.94. The van der Waals surface area contributed by atoms with E-state index in [1.54, 1.807) is 29.9 Å². The van der Waals surface area contributed by atoms with Crippen molar-refractivity contribution in [2.24, 2.45) is 5.92 Å². The highest BCUT2D eigenvalue weighted by atomic mass is 32.1. The molecule has 1 aliphatic heterocycles. The first-order chi connectivity index (χ1) is 11.8. The van der Waals surface area contributed by atoms with Gasteiger partial charge >= 0.3 is 0 Å². The molecule has 1 aliphatic rings. The highest BCUT2D eigenvalue weighted by molar-refractivity contribution is 7.09. The topological polar surface area (TPSA) is 74.8 Å². The quantitative estimate of drug-likeness (QED) is 0.793. The zero-order chi connectivity index (χ0) is 16.4. The zero-order valence-electron chi connectivity index (χ0n) is 13.1. The fourth-order valence-corrected chi connectivity index (χ4v) is 3.87. The number of thiazole rings is 1. The maximum Gasteiger partial charge on any atom is 0.257 e. The molecule has 0 aromatic carbocycles. The van der Waals surface area contributed by atoms with Gasteiger partial charge in [-0.15, -0.1) is 11.3 Å². The lowest BCUT2D eigenvalue weighted by Crippen LogP contribution is -2.29. The molecule has 4 rings (SSSR count). The summed E-state index contributed by atoms with van der Waals surface area (Å²) in [4.78, 5) is 23.3. The Hall–Kier alpha value is -2.54. The molecule has 1 unspecified atom stereocenters. The molecule has 0 aliphatic carbocycles. The molecule has 0 radical (unpaired) electrons. The fraction of sp³-hybridized carbons (Fsp3) is 0.294. The van der Waals surface area contributed by atoms with E-state index < -0.39 is 0 Å². The van der Waals surface area contributed by atoms with Gasteiger partial charge < -0.3 is 4.90 Å². The Kier molecular flexibility index (Phi) is 4.08.